The second-order valence-electron chi connectivity index (χ2n) is 5.91. The maximum atomic E-state index is 6.15. The van der Waals surface area contributed by atoms with E-state index in [0.717, 1.165) is 39.7 Å². The number of imidazole rings is 1. The van der Waals surface area contributed by atoms with Crippen molar-refractivity contribution in [3.63, 3.8) is 0 Å². The van der Waals surface area contributed by atoms with Gasteiger partial charge in [0.1, 0.15) is 11.6 Å². The largest absolute Gasteiger partial charge is 0.497 e. The van der Waals surface area contributed by atoms with Crippen LogP contribution >= 0.6 is 11.6 Å². The molecule has 1 aromatic heterocycles. The highest BCUT2D eigenvalue weighted by molar-refractivity contribution is 6.30. The fourth-order valence-corrected chi connectivity index (χ4v) is 3.11. The second kappa shape index (κ2) is 7.06. The Morgan fingerprint density at radius 3 is 2.23 bits per heavy atom. The molecular formula is C22H17ClN2O. The molecule has 4 aromatic rings. The van der Waals surface area contributed by atoms with Crippen LogP contribution in [0.4, 0.5) is 0 Å². The Kier molecular flexibility index (Phi) is 4.46. The molecule has 0 spiro atoms. The number of aromatic amines is 1. The number of ether oxygens (including phenoxy) is 1. The Bertz CT molecular complexity index is 1020. The summed E-state index contributed by atoms with van der Waals surface area (Å²) >= 11 is 6.15. The lowest BCUT2D eigenvalue weighted by Gasteiger charge is -2.04. The number of hydrogen-bond donors (Lipinski definition) is 1. The van der Waals surface area contributed by atoms with Crippen molar-refractivity contribution in [3.05, 3.63) is 83.9 Å². The summed E-state index contributed by atoms with van der Waals surface area (Å²) in [5.41, 5.74) is 4.93. The van der Waals surface area contributed by atoms with E-state index in [0.29, 0.717) is 5.02 Å². The van der Waals surface area contributed by atoms with Gasteiger partial charge >= 0.3 is 0 Å². The summed E-state index contributed by atoms with van der Waals surface area (Å²) in [6.07, 6.45) is 0. The molecule has 4 rings (SSSR count). The molecule has 0 aliphatic rings. The molecule has 0 aliphatic heterocycles. The summed E-state index contributed by atoms with van der Waals surface area (Å²) in [5.74, 6) is 1.61. The minimum absolute atomic E-state index is 0.686. The molecule has 128 valence electrons. The quantitative estimate of drug-likeness (QED) is 0.479. The summed E-state index contributed by atoms with van der Waals surface area (Å²) < 4.78 is 5.27. The third-order valence-electron chi connectivity index (χ3n) is 4.23. The van der Waals surface area contributed by atoms with Crippen LogP contribution in [0.25, 0.3) is 33.9 Å². The van der Waals surface area contributed by atoms with E-state index in [1.807, 2.05) is 66.7 Å². The highest BCUT2D eigenvalue weighted by Gasteiger charge is 2.15. The van der Waals surface area contributed by atoms with Gasteiger partial charge in [0.25, 0.3) is 0 Å². The van der Waals surface area contributed by atoms with Crippen molar-refractivity contribution < 1.29 is 4.74 Å². The minimum Gasteiger partial charge on any atom is -0.497 e. The second-order valence-corrected chi connectivity index (χ2v) is 6.35. The van der Waals surface area contributed by atoms with Gasteiger partial charge in [0.15, 0.2) is 0 Å². The molecule has 3 aromatic carbocycles. The fraction of sp³-hybridized carbons (Fsp3) is 0.0455. The zero-order chi connectivity index (χ0) is 17.9. The maximum absolute atomic E-state index is 6.15. The van der Waals surface area contributed by atoms with E-state index in [2.05, 4.69) is 17.1 Å². The number of benzene rings is 3. The molecule has 0 radical (unpaired) electrons. The van der Waals surface area contributed by atoms with Gasteiger partial charge in [-0.15, -0.1) is 0 Å². The molecule has 26 heavy (non-hydrogen) atoms. The minimum atomic E-state index is 0.686. The molecule has 0 unspecified atom stereocenters. The van der Waals surface area contributed by atoms with Crippen molar-refractivity contribution in [2.24, 2.45) is 0 Å². The Morgan fingerprint density at radius 2 is 1.54 bits per heavy atom. The fourth-order valence-electron chi connectivity index (χ4n) is 2.92. The highest BCUT2D eigenvalue weighted by Crippen LogP contribution is 2.34. The summed E-state index contributed by atoms with van der Waals surface area (Å²) in [4.78, 5) is 8.33. The SMILES string of the molecule is COc1ccc(-c2[nH]c(-c3cccc(Cl)c3)nc2-c2ccccc2)cc1. The first kappa shape index (κ1) is 16.4. The van der Waals surface area contributed by atoms with Crippen LogP contribution in [0, 0.1) is 0 Å². The first-order valence-electron chi connectivity index (χ1n) is 8.30. The Labute approximate surface area is 157 Å². The molecule has 0 saturated carbocycles. The molecule has 4 heteroatoms. The lowest BCUT2D eigenvalue weighted by atomic mass is 10.1. The van der Waals surface area contributed by atoms with Crippen LogP contribution in [0.15, 0.2) is 78.9 Å². The van der Waals surface area contributed by atoms with Gasteiger partial charge in [-0.05, 0) is 36.4 Å². The summed E-state index contributed by atoms with van der Waals surface area (Å²) in [7, 11) is 1.66. The van der Waals surface area contributed by atoms with E-state index in [4.69, 9.17) is 21.3 Å². The van der Waals surface area contributed by atoms with Crippen LogP contribution in [0.5, 0.6) is 5.75 Å². The average molecular weight is 361 g/mol. The van der Waals surface area contributed by atoms with Gasteiger partial charge in [0, 0.05) is 21.7 Å². The van der Waals surface area contributed by atoms with Crippen LogP contribution in [-0.2, 0) is 0 Å². The molecule has 0 fully saturated rings. The summed E-state index contributed by atoms with van der Waals surface area (Å²) in [6, 6.07) is 25.8. The van der Waals surface area contributed by atoms with Gasteiger partial charge in [-0.2, -0.15) is 0 Å². The molecule has 0 atom stereocenters. The number of nitrogens with one attached hydrogen (secondary N) is 1. The Hall–Kier alpha value is -3.04. The molecule has 0 saturated heterocycles. The van der Waals surface area contributed by atoms with Gasteiger partial charge in [0.05, 0.1) is 18.5 Å². The van der Waals surface area contributed by atoms with E-state index in [9.17, 15) is 0 Å². The molecule has 3 nitrogen and oxygen atoms in total. The standard InChI is InChI=1S/C22H17ClN2O/c1-26-19-12-10-16(11-13-19)21-20(15-6-3-2-4-7-15)24-22(25-21)17-8-5-9-18(23)14-17/h2-14H,1H3,(H,24,25). The van der Waals surface area contributed by atoms with Crippen molar-refractivity contribution >= 4 is 11.6 Å². The monoisotopic (exact) mass is 360 g/mol. The van der Waals surface area contributed by atoms with Gasteiger partial charge in [-0.1, -0.05) is 54.1 Å². The van der Waals surface area contributed by atoms with Gasteiger partial charge in [-0.3, -0.25) is 0 Å². The third kappa shape index (κ3) is 3.22. The molecular weight excluding hydrogens is 344 g/mol. The number of hydrogen-bond acceptors (Lipinski definition) is 2. The van der Waals surface area contributed by atoms with E-state index in [1.165, 1.54) is 0 Å². The lowest BCUT2D eigenvalue weighted by molar-refractivity contribution is 0.415. The van der Waals surface area contributed by atoms with Crippen LogP contribution < -0.4 is 4.74 Å². The van der Waals surface area contributed by atoms with Crippen molar-refractivity contribution in [2.45, 2.75) is 0 Å². The van der Waals surface area contributed by atoms with Gasteiger partial charge < -0.3 is 9.72 Å². The van der Waals surface area contributed by atoms with Crippen LogP contribution in [0.2, 0.25) is 5.02 Å². The molecule has 1 heterocycles. The van der Waals surface area contributed by atoms with E-state index in [-0.39, 0.29) is 0 Å². The predicted molar refractivity (Wildman–Crippen MR) is 106 cm³/mol. The number of rotatable bonds is 4. The summed E-state index contributed by atoms with van der Waals surface area (Å²) in [6.45, 7) is 0. The van der Waals surface area contributed by atoms with Crippen LogP contribution in [-0.4, -0.2) is 17.1 Å². The number of halogens is 1. The van der Waals surface area contributed by atoms with Gasteiger partial charge in [-0.25, -0.2) is 4.98 Å². The average Bonchev–Trinajstić information content (AvgIpc) is 3.14. The normalized spacial score (nSPS) is 10.7. The van der Waals surface area contributed by atoms with Crippen molar-refractivity contribution in [1.82, 2.24) is 9.97 Å². The van der Waals surface area contributed by atoms with Crippen molar-refractivity contribution in [3.8, 4) is 39.7 Å². The number of H-pyrrole nitrogens is 1. The maximum Gasteiger partial charge on any atom is 0.138 e. The Morgan fingerprint density at radius 1 is 0.808 bits per heavy atom. The van der Waals surface area contributed by atoms with E-state index in [1.54, 1.807) is 7.11 Å². The van der Waals surface area contributed by atoms with Crippen molar-refractivity contribution in [1.29, 1.82) is 0 Å². The van der Waals surface area contributed by atoms with E-state index < -0.39 is 0 Å². The van der Waals surface area contributed by atoms with Crippen molar-refractivity contribution in [2.75, 3.05) is 7.11 Å². The van der Waals surface area contributed by atoms with Gasteiger partial charge in [0.2, 0.25) is 0 Å². The van der Waals surface area contributed by atoms with E-state index >= 15 is 0 Å². The molecule has 0 amide bonds. The third-order valence-corrected chi connectivity index (χ3v) is 4.46. The summed E-state index contributed by atoms with van der Waals surface area (Å²) in [5, 5.41) is 0.686. The van der Waals surface area contributed by atoms with Crippen LogP contribution in [0.1, 0.15) is 0 Å². The first-order chi connectivity index (χ1) is 12.7. The number of aromatic nitrogens is 2. The highest BCUT2D eigenvalue weighted by atomic mass is 35.5. The zero-order valence-electron chi connectivity index (χ0n) is 14.2. The van der Waals surface area contributed by atoms with Crippen LogP contribution in [0.3, 0.4) is 0 Å². The molecule has 1 N–H and O–H groups in total. The molecule has 0 bridgehead atoms. The number of methoxy groups -OCH3 is 1. The first-order valence-corrected chi connectivity index (χ1v) is 8.68. The molecule has 0 aliphatic carbocycles. The predicted octanol–water partition coefficient (Wildman–Crippen LogP) is 6.07. The number of nitrogens with zero attached hydrogens (tertiary/aromatic N) is 1. The lowest BCUT2D eigenvalue weighted by Crippen LogP contribution is -1.85. The zero-order valence-corrected chi connectivity index (χ0v) is 15.0. The smallest absolute Gasteiger partial charge is 0.138 e. The topological polar surface area (TPSA) is 37.9 Å². The Balaban J connectivity index is 1.88.